The number of nitrogens with zero attached hydrogens (tertiary/aromatic N) is 1. The third-order valence-corrected chi connectivity index (χ3v) is 3.96. The van der Waals surface area contributed by atoms with E-state index in [1.54, 1.807) is 13.3 Å². The van der Waals surface area contributed by atoms with Gasteiger partial charge in [0.2, 0.25) is 0 Å². The largest absolute Gasteiger partial charge is 0.496 e. The first-order valence-electron chi connectivity index (χ1n) is 6.77. The number of methoxy groups -OCH3 is 1. The molecule has 1 saturated heterocycles. The molecule has 1 aromatic heterocycles. The number of aromatic nitrogens is 2. The third kappa shape index (κ3) is 2.02. The molecule has 20 heavy (non-hydrogen) atoms. The second-order valence-corrected chi connectivity index (χ2v) is 5.09. The quantitative estimate of drug-likeness (QED) is 0.782. The molecule has 0 unspecified atom stereocenters. The highest BCUT2D eigenvalue weighted by atomic mass is 16.5. The van der Waals surface area contributed by atoms with Crippen LogP contribution in [0.15, 0.2) is 12.3 Å². The Kier molecular flexibility index (Phi) is 3.31. The van der Waals surface area contributed by atoms with Crippen molar-refractivity contribution in [2.24, 2.45) is 5.73 Å². The number of carbonyl (C=O) groups excluding carboxylic acids is 1. The predicted molar refractivity (Wildman–Crippen MR) is 76.0 cm³/mol. The number of fused-ring (bicyclic) bond motifs is 1. The fourth-order valence-electron chi connectivity index (χ4n) is 2.97. The first kappa shape index (κ1) is 12.9. The first-order valence-corrected chi connectivity index (χ1v) is 6.77. The number of H-pyrrole nitrogens is 1. The van der Waals surface area contributed by atoms with Crippen molar-refractivity contribution in [3.05, 3.63) is 23.4 Å². The van der Waals surface area contributed by atoms with Crippen LogP contribution in [0.1, 0.15) is 34.7 Å². The summed E-state index contributed by atoms with van der Waals surface area (Å²) in [6, 6.07) is 1.86. The number of rotatable bonds is 3. The molecule has 106 valence electrons. The Bertz CT molecular complexity index is 644. The maximum atomic E-state index is 11.7. The van der Waals surface area contributed by atoms with Crippen molar-refractivity contribution in [2.45, 2.75) is 18.8 Å². The lowest BCUT2D eigenvalue weighted by Crippen LogP contribution is -2.27. The lowest BCUT2D eigenvalue weighted by atomic mass is 9.87. The van der Waals surface area contributed by atoms with Gasteiger partial charge in [0.05, 0.1) is 29.8 Å². The SMILES string of the molecule is COc1c(C2CCNCC2)cc(C(N)=O)c2[nH]ncc12. The summed E-state index contributed by atoms with van der Waals surface area (Å²) < 4.78 is 5.57. The summed E-state index contributed by atoms with van der Waals surface area (Å²) in [5.74, 6) is 0.728. The Morgan fingerprint density at radius 3 is 2.85 bits per heavy atom. The molecule has 0 saturated carbocycles. The number of carbonyl (C=O) groups is 1. The van der Waals surface area contributed by atoms with Crippen molar-refractivity contribution in [1.82, 2.24) is 15.5 Å². The molecule has 1 aromatic carbocycles. The monoisotopic (exact) mass is 274 g/mol. The number of hydrogen-bond acceptors (Lipinski definition) is 4. The topological polar surface area (TPSA) is 93.0 Å². The number of nitrogens with one attached hydrogen (secondary N) is 2. The van der Waals surface area contributed by atoms with Gasteiger partial charge in [0.15, 0.2) is 0 Å². The molecule has 0 atom stereocenters. The summed E-state index contributed by atoms with van der Waals surface area (Å²) in [5.41, 5.74) is 7.67. The summed E-state index contributed by atoms with van der Waals surface area (Å²) in [4.78, 5) is 11.7. The van der Waals surface area contributed by atoms with Gasteiger partial charge in [-0.3, -0.25) is 9.89 Å². The van der Waals surface area contributed by atoms with E-state index in [0.29, 0.717) is 17.0 Å². The van der Waals surface area contributed by atoms with Crippen LogP contribution >= 0.6 is 0 Å². The average molecular weight is 274 g/mol. The number of nitrogens with two attached hydrogens (primary N) is 1. The maximum absolute atomic E-state index is 11.7. The zero-order valence-corrected chi connectivity index (χ0v) is 11.4. The van der Waals surface area contributed by atoms with Crippen LogP contribution in [0.3, 0.4) is 0 Å². The fourth-order valence-corrected chi connectivity index (χ4v) is 2.97. The third-order valence-electron chi connectivity index (χ3n) is 3.96. The molecular formula is C14H18N4O2. The van der Waals surface area contributed by atoms with Crippen LogP contribution in [0.2, 0.25) is 0 Å². The zero-order chi connectivity index (χ0) is 14.1. The maximum Gasteiger partial charge on any atom is 0.250 e. The van der Waals surface area contributed by atoms with Crippen LogP contribution in [0, 0.1) is 0 Å². The first-order chi connectivity index (χ1) is 9.72. The van der Waals surface area contributed by atoms with Gasteiger partial charge in [0.1, 0.15) is 5.75 Å². The molecule has 1 aliphatic rings. The molecule has 3 rings (SSSR count). The predicted octanol–water partition coefficient (Wildman–Crippen LogP) is 1.14. The molecule has 0 bridgehead atoms. The highest BCUT2D eigenvalue weighted by molar-refractivity contribution is 6.06. The highest BCUT2D eigenvalue weighted by Gasteiger charge is 2.24. The smallest absolute Gasteiger partial charge is 0.250 e. The van der Waals surface area contributed by atoms with Crippen LogP contribution in [0.4, 0.5) is 0 Å². The van der Waals surface area contributed by atoms with E-state index >= 15 is 0 Å². The van der Waals surface area contributed by atoms with Crippen LogP contribution < -0.4 is 15.8 Å². The van der Waals surface area contributed by atoms with Crippen LogP contribution in [0.5, 0.6) is 5.75 Å². The molecule has 1 fully saturated rings. The fraction of sp³-hybridized carbons (Fsp3) is 0.429. The Labute approximate surface area is 116 Å². The normalized spacial score (nSPS) is 16.4. The van der Waals surface area contributed by atoms with Gasteiger partial charge in [-0.2, -0.15) is 5.10 Å². The second kappa shape index (κ2) is 5.13. The van der Waals surface area contributed by atoms with E-state index in [0.717, 1.165) is 42.6 Å². The standard InChI is InChI=1S/C14H18N4O2/c1-20-13-9(8-2-4-16-5-3-8)6-10(14(15)19)12-11(13)7-17-18-12/h6-8,16H,2-5H2,1H3,(H2,15,19)(H,17,18). The molecule has 2 heterocycles. The minimum atomic E-state index is -0.447. The second-order valence-electron chi connectivity index (χ2n) is 5.09. The Morgan fingerprint density at radius 1 is 1.45 bits per heavy atom. The summed E-state index contributed by atoms with van der Waals surface area (Å²) >= 11 is 0. The van der Waals surface area contributed by atoms with Crippen molar-refractivity contribution in [3.8, 4) is 5.75 Å². The Morgan fingerprint density at radius 2 is 2.20 bits per heavy atom. The summed E-state index contributed by atoms with van der Waals surface area (Å²) in [6.45, 7) is 1.95. The van der Waals surface area contributed by atoms with Crippen LogP contribution in [-0.2, 0) is 0 Å². The van der Waals surface area contributed by atoms with Gasteiger partial charge >= 0.3 is 0 Å². The van der Waals surface area contributed by atoms with Crippen LogP contribution in [-0.4, -0.2) is 36.3 Å². The molecule has 0 aliphatic carbocycles. The van der Waals surface area contributed by atoms with E-state index in [9.17, 15) is 4.79 Å². The van der Waals surface area contributed by atoms with Gasteiger partial charge in [0.25, 0.3) is 5.91 Å². The van der Waals surface area contributed by atoms with Gasteiger partial charge in [-0.25, -0.2) is 0 Å². The Hall–Kier alpha value is -2.08. The molecule has 4 N–H and O–H groups in total. The average Bonchev–Trinajstić information content (AvgIpc) is 2.95. The molecule has 1 aliphatic heterocycles. The van der Waals surface area contributed by atoms with Crippen molar-refractivity contribution >= 4 is 16.8 Å². The van der Waals surface area contributed by atoms with E-state index in [1.165, 1.54) is 0 Å². The minimum absolute atomic E-state index is 0.378. The molecule has 6 heteroatoms. The molecule has 0 radical (unpaired) electrons. The number of aromatic amines is 1. The van der Waals surface area contributed by atoms with Gasteiger partial charge in [-0.1, -0.05) is 0 Å². The van der Waals surface area contributed by atoms with E-state index < -0.39 is 5.91 Å². The lowest BCUT2D eigenvalue weighted by Gasteiger charge is -2.25. The summed E-state index contributed by atoms with van der Waals surface area (Å²) in [7, 11) is 1.65. The summed E-state index contributed by atoms with van der Waals surface area (Å²) in [5, 5.41) is 11.0. The molecular weight excluding hydrogens is 256 g/mol. The van der Waals surface area contributed by atoms with E-state index in [4.69, 9.17) is 10.5 Å². The molecule has 2 aromatic rings. The van der Waals surface area contributed by atoms with Crippen molar-refractivity contribution in [2.75, 3.05) is 20.2 Å². The number of ether oxygens (including phenoxy) is 1. The number of primary amides is 1. The molecule has 6 nitrogen and oxygen atoms in total. The number of hydrogen-bond donors (Lipinski definition) is 3. The van der Waals surface area contributed by atoms with Crippen LogP contribution in [0.25, 0.3) is 10.9 Å². The zero-order valence-electron chi connectivity index (χ0n) is 11.4. The number of amides is 1. The Balaban J connectivity index is 2.20. The van der Waals surface area contributed by atoms with Crippen molar-refractivity contribution in [3.63, 3.8) is 0 Å². The molecule has 0 spiro atoms. The minimum Gasteiger partial charge on any atom is -0.496 e. The van der Waals surface area contributed by atoms with Gasteiger partial charge in [-0.05, 0) is 43.5 Å². The lowest BCUT2D eigenvalue weighted by molar-refractivity contribution is 0.100. The van der Waals surface area contributed by atoms with Gasteiger partial charge < -0.3 is 15.8 Å². The summed E-state index contributed by atoms with van der Waals surface area (Å²) in [6.07, 6.45) is 3.74. The van der Waals surface area contributed by atoms with Gasteiger partial charge in [0, 0.05) is 0 Å². The highest BCUT2D eigenvalue weighted by Crippen LogP contribution is 2.38. The van der Waals surface area contributed by atoms with Gasteiger partial charge in [-0.15, -0.1) is 0 Å². The van der Waals surface area contributed by atoms with Crippen molar-refractivity contribution in [1.29, 1.82) is 0 Å². The van der Waals surface area contributed by atoms with E-state index in [2.05, 4.69) is 15.5 Å². The number of benzene rings is 1. The van der Waals surface area contributed by atoms with E-state index in [1.807, 2.05) is 6.07 Å². The molecule has 1 amide bonds. The van der Waals surface area contributed by atoms with Crippen molar-refractivity contribution < 1.29 is 9.53 Å². The number of piperidine rings is 1. The van der Waals surface area contributed by atoms with E-state index in [-0.39, 0.29) is 0 Å².